The van der Waals surface area contributed by atoms with E-state index in [1.165, 1.54) is 23.5 Å². The molecule has 0 aliphatic rings. The number of ether oxygens (including phenoxy) is 1. The highest BCUT2D eigenvalue weighted by atomic mass is 32.1. The van der Waals surface area contributed by atoms with Gasteiger partial charge in [0.2, 0.25) is 5.88 Å². The number of nitriles is 1. The molecule has 3 heterocycles. The normalized spacial score (nSPS) is 10.7. The first kappa shape index (κ1) is 18.7. The van der Waals surface area contributed by atoms with Gasteiger partial charge in [-0.1, -0.05) is 0 Å². The lowest BCUT2D eigenvalue weighted by molar-refractivity contribution is 0.0466. The lowest BCUT2D eigenvalue weighted by Gasteiger charge is -2.02. The average Bonchev–Trinajstić information content (AvgIpc) is 3.46. The molecule has 4 aromatic rings. The Morgan fingerprint density at radius 3 is 2.72 bits per heavy atom. The Kier molecular flexibility index (Phi) is 4.97. The van der Waals surface area contributed by atoms with E-state index in [1.54, 1.807) is 53.5 Å². The van der Waals surface area contributed by atoms with Crippen LogP contribution in [-0.2, 0) is 11.3 Å². The Hall–Kier alpha value is -3.70. The van der Waals surface area contributed by atoms with Crippen LogP contribution in [0, 0.1) is 24.1 Å². The van der Waals surface area contributed by atoms with Gasteiger partial charge in [-0.3, -0.25) is 4.57 Å². The Balaban J connectivity index is 1.51. The average molecular weight is 407 g/mol. The number of aryl methyl sites for hydroxylation is 1. The Labute approximate surface area is 169 Å². The van der Waals surface area contributed by atoms with E-state index in [1.807, 2.05) is 6.07 Å². The number of furan rings is 1. The quantitative estimate of drug-likeness (QED) is 0.441. The molecule has 0 atom stereocenters. The molecular formula is C21H14FN3O3S. The summed E-state index contributed by atoms with van der Waals surface area (Å²) in [5.41, 5.74) is 1.56. The van der Waals surface area contributed by atoms with Crippen molar-refractivity contribution < 1.29 is 18.3 Å². The number of carbonyl (C=O) groups is 1. The van der Waals surface area contributed by atoms with Gasteiger partial charge in [-0.05, 0) is 43.3 Å². The number of hydrogen-bond donors (Lipinski definition) is 0. The standard InChI is InChI=1S/C21H14FN3O3S/c1-13-18(17(10-23)20(28-13)25-8-2-3-9-25)21(26)27-11-16-12-29-19(24-16)14-4-6-15(22)7-5-14/h2-9,12H,11H2,1H3. The molecule has 29 heavy (non-hydrogen) atoms. The summed E-state index contributed by atoms with van der Waals surface area (Å²) in [4.78, 5) is 17.0. The number of esters is 1. The molecule has 0 aliphatic heterocycles. The van der Waals surface area contributed by atoms with E-state index in [9.17, 15) is 14.4 Å². The van der Waals surface area contributed by atoms with Gasteiger partial charge in [0.15, 0.2) is 0 Å². The van der Waals surface area contributed by atoms with Crippen LogP contribution in [0.1, 0.15) is 27.4 Å². The Morgan fingerprint density at radius 2 is 2.03 bits per heavy atom. The molecular weight excluding hydrogens is 393 g/mol. The second-order valence-corrected chi connectivity index (χ2v) is 7.00. The van der Waals surface area contributed by atoms with Gasteiger partial charge in [-0.15, -0.1) is 11.3 Å². The van der Waals surface area contributed by atoms with E-state index in [-0.39, 0.29) is 29.4 Å². The number of rotatable bonds is 5. The zero-order valence-electron chi connectivity index (χ0n) is 15.3. The number of hydrogen-bond acceptors (Lipinski definition) is 6. The van der Waals surface area contributed by atoms with Crippen molar-refractivity contribution in [2.45, 2.75) is 13.5 Å². The van der Waals surface area contributed by atoms with Crippen LogP contribution in [0.15, 0.2) is 58.6 Å². The number of halogens is 1. The highest BCUT2D eigenvalue weighted by molar-refractivity contribution is 7.13. The minimum atomic E-state index is -0.655. The lowest BCUT2D eigenvalue weighted by Crippen LogP contribution is -2.08. The van der Waals surface area contributed by atoms with Gasteiger partial charge in [0.05, 0.1) is 5.69 Å². The van der Waals surface area contributed by atoms with E-state index in [4.69, 9.17) is 9.15 Å². The third-order valence-electron chi connectivity index (χ3n) is 4.21. The van der Waals surface area contributed by atoms with E-state index < -0.39 is 5.97 Å². The topological polar surface area (TPSA) is 81.0 Å². The molecule has 144 valence electrons. The lowest BCUT2D eigenvalue weighted by atomic mass is 10.1. The predicted octanol–water partition coefficient (Wildman–Crippen LogP) is 4.87. The van der Waals surface area contributed by atoms with Gasteiger partial charge in [-0.25, -0.2) is 14.2 Å². The summed E-state index contributed by atoms with van der Waals surface area (Å²) < 4.78 is 25.7. The number of aromatic nitrogens is 2. The largest absolute Gasteiger partial charge is 0.455 e. The molecule has 0 spiro atoms. The smallest absolute Gasteiger partial charge is 0.343 e. The van der Waals surface area contributed by atoms with E-state index in [0.717, 1.165) is 5.56 Å². The minimum Gasteiger partial charge on any atom is -0.455 e. The monoisotopic (exact) mass is 407 g/mol. The maximum atomic E-state index is 13.1. The Morgan fingerprint density at radius 1 is 1.31 bits per heavy atom. The Bertz CT molecular complexity index is 1200. The molecule has 6 nitrogen and oxygen atoms in total. The fraction of sp³-hybridized carbons (Fsp3) is 0.0952. The molecule has 0 amide bonds. The van der Waals surface area contributed by atoms with Crippen LogP contribution in [0.2, 0.25) is 0 Å². The molecule has 1 aromatic carbocycles. The van der Waals surface area contributed by atoms with Gasteiger partial charge in [0, 0.05) is 23.3 Å². The van der Waals surface area contributed by atoms with Crippen molar-refractivity contribution in [3.05, 3.63) is 82.6 Å². The summed E-state index contributed by atoms with van der Waals surface area (Å²) in [6, 6.07) is 11.6. The molecule has 0 bridgehead atoms. The second-order valence-electron chi connectivity index (χ2n) is 6.14. The molecule has 0 radical (unpaired) electrons. The number of thiazole rings is 1. The van der Waals surface area contributed by atoms with E-state index >= 15 is 0 Å². The van der Waals surface area contributed by atoms with Gasteiger partial charge < -0.3 is 9.15 Å². The summed E-state index contributed by atoms with van der Waals surface area (Å²) >= 11 is 1.37. The summed E-state index contributed by atoms with van der Waals surface area (Å²) in [7, 11) is 0. The predicted molar refractivity (Wildman–Crippen MR) is 104 cm³/mol. The molecule has 0 saturated heterocycles. The molecule has 0 N–H and O–H groups in total. The zero-order valence-corrected chi connectivity index (χ0v) is 16.1. The van der Waals surface area contributed by atoms with Crippen LogP contribution in [-0.4, -0.2) is 15.5 Å². The number of benzene rings is 1. The van der Waals surface area contributed by atoms with E-state index in [0.29, 0.717) is 16.5 Å². The molecule has 8 heteroatoms. The van der Waals surface area contributed by atoms with Crippen LogP contribution >= 0.6 is 11.3 Å². The van der Waals surface area contributed by atoms with Gasteiger partial charge in [-0.2, -0.15) is 5.26 Å². The van der Waals surface area contributed by atoms with Crippen molar-refractivity contribution in [3.8, 4) is 22.5 Å². The van der Waals surface area contributed by atoms with Crippen molar-refractivity contribution in [2.24, 2.45) is 0 Å². The number of nitrogens with zero attached hydrogens (tertiary/aromatic N) is 3. The first-order chi connectivity index (χ1) is 14.1. The molecule has 3 aromatic heterocycles. The minimum absolute atomic E-state index is 0.0507. The van der Waals surface area contributed by atoms with Crippen LogP contribution in [0.4, 0.5) is 4.39 Å². The molecule has 0 fully saturated rings. The highest BCUT2D eigenvalue weighted by Crippen LogP contribution is 2.27. The van der Waals surface area contributed by atoms with Gasteiger partial charge >= 0.3 is 5.97 Å². The molecule has 0 unspecified atom stereocenters. The maximum absolute atomic E-state index is 13.1. The SMILES string of the molecule is Cc1oc(-n2cccc2)c(C#N)c1C(=O)OCc1csc(-c2ccc(F)cc2)n1. The summed E-state index contributed by atoms with van der Waals surface area (Å²) in [6.45, 7) is 1.56. The first-order valence-corrected chi connectivity index (χ1v) is 9.49. The third kappa shape index (κ3) is 3.68. The highest BCUT2D eigenvalue weighted by Gasteiger charge is 2.26. The van der Waals surface area contributed by atoms with Crippen molar-refractivity contribution in [1.82, 2.24) is 9.55 Å². The fourth-order valence-corrected chi connectivity index (χ4v) is 3.65. The van der Waals surface area contributed by atoms with Crippen molar-refractivity contribution in [1.29, 1.82) is 5.26 Å². The summed E-state index contributed by atoms with van der Waals surface area (Å²) in [5, 5.41) is 12.0. The molecule has 0 aliphatic carbocycles. The first-order valence-electron chi connectivity index (χ1n) is 8.61. The fourth-order valence-electron chi connectivity index (χ4n) is 2.84. The van der Waals surface area contributed by atoms with Crippen LogP contribution in [0.25, 0.3) is 16.5 Å². The molecule has 4 rings (SSSR count). The zero-order chi connectivity index (χ0) is 20.4. The maximum Gasteiger partial charge on any atom is 0.343 e. The van der Waals surface area contributed by atoms with Crippen molar-refractivity contribution in [3.63, 3.8) is 0 Å². The van der Waals surface area contributed by atoms with Gasteiger partial charge in [0.1, 0.15) is 40.4 Å². The van der Waals surface area contributed by atoms with Crippen LogP contribution in [0.5, 0.6) is 0 Å². The van der Waals surface area contributed by atoms with Crippen LogP contribution < -0.4 is 0 Å². The second kappa shape index (κ2) is 7.73. The van der Waals surface area contributed by atoms with Crippen molar-refractivity contribution in [2.75, 3.05) is 0 Å². The van der Waals surface area contributed by atoms with Crippen molar-refractivity contribution >= 4 is 17.3 Å². The van der Waals surface area contributed by atoms with Crippen LogP contribution in [0.3, 0.4) is 0 Å². The molecule has 0 saturated carbocycles. The number of carbonyl (C=O) groups excluding carboxylic acids is 1. The summed E-state index contributed by atoms with van der Waals surface area (Å²) in [5.74, 6) is -0.394. The van der Waals surface area contributed by atoms with Gasteiger partial charge in [0.25, 0.3) is 0 Å². The summed E-state index contributed by atoms with van der Waals surface area (Å²) in [6.07, 6.45) is 3.45. The third-order valence-corrected chi connectivity index (χ3v) is 5.15. The van der Waals surface area contributed by atoms with E-state index in [2.05, 4.69) is 4.98 Å².